The first-order valence-corrected chi connectivity index (χ1v) is 10.5. The minimum Gasteiger partial charge on any atom is -0.497 e. The maximum atomic E-state index is 12.9. The van der Waals surface area contributed by atoms with E-state index < -0.39 is 17.5 Å². The highest BCUT2D eigenvalue weighted by atomic mass is 32.1. The van der Waals surface area contributed by atoms with Crippen LogP contribution in [0.4, 0.5) is 4.79 Å². The molecule has 1 aromatic heterocycles. The number of carbonyl (C=O) groups is 3. The van der Waals surface area contributed by atoms with Crippen LogP contribution in [0.5, 0.6) is 5.75 Å². The van der Waals surface area contributed by atoms with Gasteiger partial charge in [-0.1, -0.05) is 17.9 Å². The number of carbonyl (C=O) groups excluding carboxylic acids is 3. The molecule has 0 aliphatic carbocycles. The van der Waals surface area contributed by atoms with E-state index in [1.54, 1.807) is 31.5 Å². The van der Waals surface area contributed by atoms with Crippen molar-refractivity contribution in [2.24, 2.45) is 4.99 Å². The Labute approximate surface area is 188 Å². The third kappa shape index (κ3) is 4.21. The number of nitrogens with one attached hydrogen (secondary N) is 2. The molecule has 1 fully saturated rings. The van der Waals surface area contributed by atoms with E-state index in [-0.39, 0.29) is 19.2 Å². The van der Waals surface area contributed by atoms with Crippen LogP contribution in [0.2, 0.25) is 0 Å². The number of rotatable bonds is 6. The molecule has 10 heteroatoms. The summed E-state index contributed by atoms with van der Waals surface area (Å²) in [6.07, 6.45) is 1.67. The first-order valence-electron chi connectivity index (χ1n) is 9.65. The van der Waals surface area contributed by atoms with E-state index in [4.69, 9.17) is 9.47 Å². The summed E-state index contributed by atoms with van der Waals surface area (Å²) in [6, 6.07) is 8.27. The number of imide groups is 1. The Balaban J connectivity index is 1.58. The lowest BCUT2D eigenvalue weighted by molar-refractivity contribution is -0.122. The number of thiophene rings is 1. The molecule has 1 atom stereocenters. The average molecular weight is 452 g/mol. The van der Waals surface area contributed by atoms with Gasteiger partial charge in [0, 0.05) is 30.3 Å². The molecule has 2 aliphatic heterocycles. The normalized spacial score (nSPS) is 19.6. The third-order valence-corrected chi connectivity index (χ3v) is 5.95. The van der Waals surface area contributed by atoms with Crippen LogP contribution < -0.4 is 15.4 Å². The number of fused-ring (bicyclic) bond motifs is 1. The van der Waals surface area contributed by atoms with Crippen molar-refractivity contribution in [2.75, 3.05) is 27.5 Å². The smallest absolute Gasteiger partial charge is 0.323 e. The predicted octanol–water partition coefficient (Wildman–Crippen LogP) is 1.37. The van der Waals surface area contributed by atoms with Gasteiger partial charge in [0.05, 0.1) is 18.5 Å². The second-order valence-corrected chi connectivity index (χ2v) is 8.29. The number of hydrogen-bond acceptors (Lipinski definition) is 7. The summed E-state index contributed by atoms with van der Waals surface area (Å²) in [5.74, 6) is 5.59. The molecule has 4 amide bonds. The van der Waals surface area contributed by atoms with Gasteiger partial charge in [0.2, 0.25) is 5.54 Å². The number of nitrogens with zero attached hydrogens (tertiary/aromatic N) is 2. The maximum Gasteiger partial charge on any atom is 0.323 e. The van der Waals surface area contributed by atoms with E-state index in [0.717, 1.165) is 10.4 Å². The van der Waals surface area contributed by atoms with Crippen molar-refractivity contribution in [3.8, 4) is 17.6 Å². The fourth-order valence-corrected chi connectivity index (χ4v) is 4.23. The lowest BCUT2D eigenvalue weighted by Crippen LogP contribution is -2.54. The molecule has 2 N–H and O–H groups in total. The molecule has 164 valence electrons. The Kier molecular flexibility index (Phi) is 5.94. The van der Waals surface area contributed by atoms with Gasteiger partial charge in [-0.2, -0.15) is 0 Å². The number of benzene rings is 1. The highest BCUT2D eigenvalue weighted by Gasteiger charge is 2.48. The van der Waals surface area contributed by atoms with Gasteiger partial charge in [0.15, 0.2) is 0 Å². The van der Waals surface area contributed by atoms with Gasteiger partial charge in [0.25, 0.3) is 11.8 Å². The average Bonchev–Trinajstić information content (AvgIpc) is 3.43. The van der Waals surface area contributed by atoms with Gasteiger partial charge in [-0.05, 0) is 29.8 Å². The number of amides is 4. The first kappa shape index (κ1) is 21.5. The molecule has 1 aromatic carbocycles. The van der Waals surface area contributed by atoms with Crippen molar-refractivity contribution in [3.05, 3.63) is 51.2 Å². The number of methoxy groups -OCH3 is 2. The summed E-state index contributed by atoms with van der Waals surface area (Å²) in [5.41, 5.74) is -0.218. The first-order chi connectivity index (χ1) is 15.4. The van der Waals surface area contributed by atoms with Crippen LogP contribution in [0.25, 0.3) is 0 Å². The molecule has 4 rings (SSSR count). The van der Waals surface area contributed by atoms with Gasteiger partial charge in [-0.15, -0.1) is 11.3 Å². The highest BCUT2D eigenvalue weighted by Crippen LogP contribution is 2.28. The molecule has 9 nitrogen and oxygen atoms in total. The molecule has 3 heterocycles. The van der Waals surface area contributed by atoms with Crippen LogP contribution >= 0.6 is 11.3 Å². The standard InChI is InChI=1S/C22H20N4O5S/c1-30-13-23-10-17-6-5-16(32-17)7-8-22(20(28)24-21(29)25-22)12-26-11-14-3-4-15(31-2)9-18(14)19(26)27/h3-6,9-10H,11-13H2,1-2H3,(H2,24,25,28,29)/t22-/m1/s1. The Morgan fingerprint density at radius 1 is 1.25 bits per heavy atom. The van der Waals surface area contributed by atoms with Crippen molar-refractivity contribution >= 4 is 35.4 Å². The second kappa shape index (κ2) is 8.82. The van der Waals surface area contributed by atoms with Crippen LogP contribution in [0.15, 0.2) is 35.3 Å². The van der Waals surface area contributed by atoms with Crippen molar-refractivity contribution in [1.82, 2.24) is 15.5 Å². The van der Waals surface area contributed by atoms with Crippen LogP contribution in [0.3, 0.4) is 0 Å². The molecule has 2 aliphatic rings. The maximum absolute atomic E-state index is 12.9. The van der Waals surface area contributed by atoms with E-state index in [2.05, 4.69) is 27.5 Å². The second-order valence-electron chi connectivity index (χ2n) is 7.18. The van der Waals surface area contributed by atoms with Crippen LogP contribution in [-0.4, -0.2) is 62.0 Å². The molecule has 0 spiro atoms. The van der Waals surface area contributed by atoms with Gasteiger partial charge in [0.1, 0.15) is 12.5 Å². The Morgan fingerprint density at radius 3 is 2.81 bits per heavy atom. The topological polar surface area (TPSA) is 109 Å². The molecule has 0 bridgehead atoms. The molecule has 0 radical (unpaired) electrons. The third-order valence-electron chi connectivity index (χ3n) is 5.01. The highest BCUT2D eigenvalue weighted by molar-refractivity contribution is 7.14. The van der Waals surface area contributed by atoms with Crippen molar-refractivity contribution < 1.29 is 23.9 Å². The fraction of sp³-hybridized carbons (Fsp3) is 0.273. The van der Waals surface area contributed by atoms with Gasteiger partial charge >= 0.3 is 6.03 Å². The Bertz CT molecular complexity index is 1180. The van der Waals surface area contributed by atoms with E-state index in [0.29, 0.717) is 22.7 Å². The molecular formula is C22H20N4O5S. The summed E-state index contributed by atoms with van der Waals surface area (Å²) in [6.45, 7) is 0.483. The van der Waals surface area contributed by atoms with Gasteiger partial charge in [-0.25, -0.2) is 4.79 Å². The summed E-state index contributed by atoms with van der Waals surface area (Å²) in [5, 5.41) is 4.83. The van der Waals surface area contributed by atoms with E-state index in [1.807, 2.05) is 12.1 Å². The quantitative estimate of drug-likeness (QED) is 0.391. The molecule has 32 heavy (non-hydrogen) atoms. The van der Waals surface area contributed by atoms with E-state index in [9.17, 15) is 14.4 Å². The number of hydrogen-bond donors (Lipinski definition) is 2. The van der Waals surface area contributed by atoms with Crippen LogP contribution in [0.1, 0.15) is 25.7 Å². The zero-order valence-corrected chi connectivity index (χ0v) is 18.2. The van der Waals surface area contributed by atoms with Crippen molar-refractivity contribution in [3.63, 3.8) is 0 Å². The Hall–Kier alpha value is -3.68. The van der Waals surface area contributed by atoms with Crippen molar-refractivity contribution in [2.45, 2.75) is 12.1 Å². The summed E-state index contributed by atoms with van der Waals surface area (Å²) in [7, 11) is 3.09. The van der Waals surface area contributed by atoms with Gasteiger partial charge < -0.3 is 19.7 Å². The molecular weight excluding hydrogens is 432 g/mol. The number of aliphatic imine (C=N–C) groups is 1. The molecule has 1 saturated heterocycles. The molecule has 0 unspecified atom stereocenters. The zero-order chi connectivity index (χ0) is 22.7. The van der Waals surface area contributed by atoms with Gasteiger partial charge in [-0.3, -0.25) is 19.9 Å². The minimum atomic E-state index is -1.55. The number of ether oxygens (including phenoxy) is 2. The summed E-state index contributed by atoms with van der Waals surface area (Å²) in [4.78, 5) is 44.7. The lowest BCUT2D eigenvalue weighted by atomic mass is 9.99. The SMILES string of the molecule is COCN=Cc1ccc(C#C[C@]2(CN3Cc4ccc(OC)cc4C3=O)NC(=O)NC2=O)s1. The van der Waals surface area contributed by atoms with Crippen molar-refractivity contribution in [1.29, 1.82) is 0 Å². The van der Waals surface area contributed by atoms with Crippen LogP contribution in [0, 0.1) is 11.8 Å². The predicted molar refractivity (Wildman–Crippen MR) is 118 cm³/mol. The number of urea groups is 1. The Morgan fingerprint density at radius 2 is 2.09 bits per heavy atom. The summed E-state index contributed by atoms with van der Waals surface area (Å²) < 4.78 is 10.1. The lowest BCUT2D eigenvalue weighted by Gasteiger charge is -2.26. The zero-order valence-electron chi connectivity index (χ0n) is 17.4. The van der Waals surface area contributed by atoms with E-state index >= 15 is 0 Å². The monoisotopic (exact) mass is 452 g/mol. The van der Waals surface area contributed by atoms with E-state index in [1.165, 1.54) is 23.3 Å². The minimum absolute atomic E-state index is 0.0824. The largest absolute Gasteiger partial charge is 0.497 e. The molecule has 2 aromatic rings. The fourth-order valence-electron chi connectivity index (χ4n) is 3.47. The van der Waals surface area contributed by atoms with Crippen LogP contribution in [-0.2, 0) is 16.1 Å². The molecule has 0 saturated carbocycles. The summed E-state index contributed by atoms with van der Waals surface area (Å²) >= 11 is 1.39.